The summed E-state index contributed by atoms with van der Waals surface area (Å²) in [7, 11) is 2.81. The highest BCUT2D eigenvalue weighted by Gasteiger charge is 2.15. The van der Waals surface area contributed by atoms with Gasteiger partial charge in [-0.3, -0.25) is 0 Å². The van der Waals surface area contributed by atoms with Crippen LogP contribution in [0.1, 0.15) is 16.9 Å². The number of hydrogen-bond acceptors (Lipinski definition) is 6. The van der Waals surface area contributed by atoms with E-state index in [-0.39, 0.29) is 17.0 Å². The number of halogens is 2. The van der Waals surface area contributed by atoms with E-state index in [0.717, 1.165) is 0 Å². The number of fused-ring (bicyclic) bond motifs is 1. The maximum absolute atomic E-state index is 12.3. The van der Waals surface area contributed by atoms with Crippen LogP contribution in [0.3, 0.4) is 0 Å². The van der Waals surface area contributed by atoms with E-state index in [9.17, 15) is 13.6 Å². The molecular formula is C16H17F2NO5. The Morgan fingerprint density at radius 3 is 2.67 bits per heavy atom. The van der Waals surface area contributed by atoms with E-state index in [2.05, 4.69) is 14.5 Å². The second-order valence-corrected chi connectivity index (χ2v) is 4.75. The molecule has 6 nitrogen and oxygen atoms in total. The fraction of sp³-hybridized carbons (Fsp3) is 0.375. The van der Waals surface area contributed by atoms with Crippen molar-refractivity contribution in [3.63, 3.8) is 0 Å². The quantitative estimate of drug-likeness (QED) is 0.543. The SMILES string of the molecule is COCCCOc1cc(C(=O)OC)nc2cc(OC(F)F)ccc12. The first-order valence-electron chi connectivity index (χ1n) is 7.15. The molecule has 0 atom stereocenters. The molecule has 0 radical (unpaired) electrons. The van der Waals surface area contributed by atoms with Gasteiger partial charge in [0.2, 0.25) is 0 Å². The predicted octanol–water partition coefficient (Wildman–Crippen LogP) is 3.04. The van der Waals surface area contributed by atoms with Gasteiger partial charge < -0.3 is 18.9 Å². The van der Waals surface area contributed by atoms with Gasteiger partial charge in [0.25, 0.3) is 0 Å². The summed E-state index contributed by atoms with van der Waals surface area (Å²) >= 11 is 0. The molecule has 0 saturated carbocycles. The average Bonchev–Trinajstić information content (AvgIpc) is 2.56. The Morgan fingerprint density at radius 2 is 2.00 bits per heavy atom. The van der Waals surface area contributed by atoms with E-state index in [1.807, 2.05) is 0 Å². The first kappa shape index (κ1) is 17.9. The summed E-state index contributed by atoms with van der Waals surface area (Å²) in [5.41, 5.74) is 0.304. The molecule has 2 rings (SSSR count). The molecule has 0 amide bonds. The fourth-order valence-corrected chi connectivity index (χ4v) is 2.07. The summed E-state index contributed by atoms with van der Waals surface area (Å²) in [6.45, 7) is -2.06. The molecule has 130 valence electrons. The summed E-state index contributed by atoms with van der Waals surface area (Å²) in [4.78, 5) is 15.9. The largest absolute Gasteiger partial charge is 0.493 e. The van der Waals surface area contributed by atoms with Crippen LogP contribution in [-0.2, 0) is 9.47 Å². The van der Waals surface area contributed by atoms with Gasteiger partial charge >= 0.3 is 12.6 Å². The minimum Gasteiger partial charge on any atom is -0.493 e. The number of pyridine rings is 1. The van der Waals surface area contributed by atoms with E-state index in [1.165, 1.54) is 25.3 Å². The molecule has 0 saturated heterocycles. The zero-order chi connectivity index (χ0) is 17.5. The van der Waals surface area contributed by atoms with E-state index < -0.39 is 12.6 Å². The number of carbonyl (C=O) groups excluding carboxylic acids is 1. The van der Waals surface area contributed by atoms with Gasteiger partial charge in [0, 0.05) is 37.7 Å². The lowest BCUT2D eigenvalue weighted by molar-refractivity contribution is -0.0497. The van der Waals surface area contributed by atoms with Gasteiger partial charge in [-0.1, -0.05) is 0 Å². The molecule has 1 heterocycles. The summed E-state index contributed by atoms with van der Waals surface area (Å²) in [6, 6.07) is 5.70. The van der Waals surface area contributed by atoms with Crippen molar-refractivity contribution in [1.82, 2.24) is 4.98 Å². The highest BCUT2D eigenvalue weighted by Crippen LogP contribution is 2.29. The molecule has 1 aromatic heterocycles. The average molecular weight is 341 g/mol. The minimum absolute atomic E-state index is 0.0148. The molecule has 0 unspecified atom stereocenters. The van der Waals surface area contributed by atoms with E-state index >= 15 is 0 Å². The van der Waals surface area contributed by atoms with Gasteiger partial charge in [0.05, 0.1) is 19.2 Å². The third-order valence-corrected chi connectivity index (χ3v) is 3.11. The van der Waals surface area contributed by atoms with Gasteiger partial charge in [-0.15, -0.1) is 0 Å². The molecule has 0 aliphatic heterocycles. The van der Waals surface area contributed by atoms with Gasteiger partial charge in [-0.05, 0) is 12.1 Å². The van der Waals surface area contributed by atoms with Gasteiger partial charge in [-0.2, -0.15) is 8.78 Å². The standard InChI is InChI=1S/C16H17F2NO5/c1-21-6-3-7-23-14-9-13(15(20)22-2)19-12-8-10(24-16(17)18)4-5-11(12)14/h4-5,8-9,16H,3,6-7H2,1-2H3. The smallest absolute Gasteiger partial charge is 0.387 e. The van der Waals surface area contributed by atoms with Crippen molar-refractivity contribution >= 4 is 16.9 Å². The van der Waals surface area contributed by atoms with E-state index in [1.54, 1.807) is 13.2 Å². The Kier molecular flexibility index (Phi) is 6.25. The number of carbonyl (C=O) groups is 1. The molecule has 1 aromatic carbocycles. The van der Waals surface area contributed by atoms with Crippen LogP contribution in [-0.4, -0.2) is 45.0 Å². The number of methoxy groups -OCH3 is 2. The fourth-order valence-electron chi connectivity index (χ4n) is 2.07. The van der Waals surface area contributed by atoms with Gasteiger partial charge in [0.15, 0.2) is 5.69 Å². The molecule has 24 heavy (non-hydrogen) atoms. The highest BCUT2D eigenvalue weighted by atomic mass is 19.3. The first-order valence-corrected chi connectivity index (χ1v) is 7.15. The van der Waals surface area contributed by atoms with Crippen LogP contribution >= 0.6 is 0 Å². The number of alkyl halides is 2. The van der Waals surface area contributed by atoms with E-state index in [0.29, 0.717) is 30.8 Å². The van der Waals surface area contributed by atoms with Crippen molar-refractivity contribution in [3.8, 4) is 11.5 Å². The number of hydrogen-bond donors (Lipinski definition) is 0. The number of rotatable bonds is 8. The molecule has 0 fully saturated rings. The van der Waals surface area contributed by atoms with Gasteiger partial charge in [0.1, 0.15) is 11.5 Å². The number of nitrogens with zero attached hydrogens (tertiary/aromatic N) is 1. The Balaban J connectivity index is 2.39. The minimum atomic E-state index is -2.95. The van der Waals surface area contributed by atoms with Crippen molar-refractivity contribution in [2.24, 2.45) is 0 Å². The van der Waals surface area contributed by atoms with Crippen molar-refractivity contribution in [1.29, 1.82) is 0 Å². The van der Waals surface area contributed by atoms with Crippen LogP contribution in [0.4, 0.5) is 8.78 Å². The molecule has 0 N–H and O–H groups in total. The maximum Gasteiger partial charge on any atom is 0.387 e. The summed E-state index contributed by atoms with van der Waals surface area (Å²) in [6.07, 6.45) is 0.653. The van der Waals surface area contributed by atoms with Crippen LogP contribution < -0.4 is 9.47 Å². The Morgan fingerprint density at radius 1 is 1.21 bits per heavy atom. The summed E-state index contributed by atoms with van der Waals surface area (Å²) in [5, 5.41) is 0.571. The topological polar surface area (TPSA) is 66.9 Å². The lowest BCUT2D eigenvalue weighted by Gasteiger charge is -2.12. The zero-order valence-electron chi connectivity index (χ0n) is 13.3. The Labute approximate surface area is 137 Å². The number of benzene rings is 1. The zero-order valence-corrected chi connectivity index (χ0v) is 13.3. The first-order chi connectivity index (χ1) is 11.5. The van der Waals surface area contributed by atoms with Crippen molar-refractivity contribution in [2.45, 2.75) is 13.0 Å². The van der Waals surface area contributed by atoms with E-state index in [4.69, 9.17) is 9.47 Å². The Hall–Kier alpha value is -2.48. The summed E-state index contributed by atoms with van der Waals surface area (Å²) in [5.74, 6) is -0.309. The monoisotopic (exact) mass is 341 g/mol. The van der Waals surface area contributed by atoms with Crippen LogP contribution in [0, 0.1) is 0 Å². The van der Waals surface area contributed by atoms with Crippen LogP contribution in [0.5, 0.6) is 11.5 Å². The lowest BCUT2D eigenvalue weighted by Crippen LogP contribution is -2.08. The van der Waals surface area contributed by atoms with Crippen molar-refractivity contribution in [2.75, 3.05) is 27.4 Å². The van der Waals surface area contributed by atoms with Crippen molar-refractivity contribution in [3.05, 3.63) is 30.0 Å². The number of ether oxygens (including phenoxy) is 4. The van der Waals surface area contributed by atoms with Crippen LogP contribution in [0.25, 0.3) is 10.9 Å². The van der Waals surface area contributed by atoms with Crippen molar-refractivity contribution < 1.29 is 32.5 Å². The molecule has 0 spiro atoms. The highest BCUT2D eigenvalue weighted by molar-refractivity contribution is 5.94. The lowest BCUT2D eigenvalue weighted by atomic mass is 10.1. The normalized spacial score (nSPS) is 10.9. The predicted molar refractivity (Wildman–Crippen MR) is 81.7 cm³/mol. The Bertz CT molecular complexity index is 708. The molecule has 8 heteroatoms. The molecule has 0 aliphatic carbocycles. The summed E-state index contributed by atoms with van der Waals surface area (Å²) < 4.78 is 44.3. The van der Waals surface area contributed by atoms with Crippen LogP contribution in [0.2, 0.25) is 0 Å². The third kappa shape index (κ3) is 4.51. The second-order valence-electron chi connectivity index (χ2n) is 4.75. The third-order valence-electron chi connectivity index (χ3n) is 3.11. The van der Waals surface area contributed by atoms with Crippen LogP contribution in [0.15, 0.2) is 24.3 Å². The molecule has 0 bridgehead atoms. The molecule has 0 aliphatic rings. The molecular weight excluding hydrogens is 324 g/mol. The molecule has 2 aromatic rings. The van der Waals surface area contributed by atoms with Gasteiger partial charge in [-0.25, -0.2) is 9.78 Å². The number of esters is 1. The second kappa shape index (κ2) is 8.39. The number of aromatic nitrogens is 1. The maximum atomic E-state index is 12.3.